The molecular weight excluding hydrogens is 383 g/mol. The van der Waals surface area contributed by atoms with Gasteiger partial charge in [-0.3, -0.25) is 9.59 Å². The van der Waals surface area contributed by atoms with Crippen molar-refractivity contribution in [2.24, 2.45) is 0 Å². The van der Waals surface area contributed by atoms with E-state index in [-0.39, 0.29) is 23.7 Å². The van der Waals surface area contributed by atoms with E-state index < -0.39 is 0 Å². The van der Waals surface area contributed by atoms with Crippen molar-refractivity contribution in [2.75, 3.05) is 5.32 Å². The Morgan fingerprint density at radius 1 is 1.20 bits per heavy atom. The number of nitrogens with zero attached hydrogens (tertiary/aromatic N) is 2. The van der Waals surface area contributed by atoms with Gasteiger partial charge in [-0.25, -0.2) is 9.37 Å². The Morgan fingerprint density at radius 2 is 1.93 bits per heavy atom. The lowest BCUT2D eigenvalue weighted by Crippen LogP contribution is -2.33. The Balaban J connectivity index is 1.89. The van der Waals surface area contributed by atoms with Gasteiger partial charge in [0.05, 0.1) is 22.2 Å². The number of benzene rings is 2. The van der Waals surface area contributed by atoms with Crippen LogP contribution in [0.4, 0.5) is 10.1 Å². The number of carbonyl (C=O) groups is 2. The van der Waals surface area contributed by atoms with E-state index in [0.717, 1.165) is 25.7 Å². The fourth-order valence-corrected chi connectivity index (χ4v) is 4.21. The highest BCUT2D eigenvalue weighted by atomic mass is 19.1. The summed E-state index contributed by atoms with van der Waals surface area (Å²) in [5.74, 6) is -0.350. The molecular formula is C23H25FN4O2. The van der Waals surface area contributed by atoms with Gasteiger partial charge in [0.15, 0.2) is 0 Å². The van der Waals surface area contributed by atoms with E-state index in [9.17, 15) is 14.0 Å². The molecule has 0 aliphatic heterocycles. The van der Waals surface area contributed by atoms with Crippen molar-refractivity contribution < 1.29 is 14.0 Å². The van der Waals surface area contributed by atoms with Gasteiger partial charge in [0.1, 0.15) is 11.6 Å². The fraction of sp³-hybridized carbons (Fsp3) is 0.348. The summed E-state index contributed by atoms with van der Waals surface area (Å²) < 4.78 is 16.4. The van der Waals surface area contributed by atoms with Crippen LogP contribution in [0, 0.1) is 5.82 Å². The second-order valence-electron chi connectivity index (χ2n) is 7.69. The molecule has 0 spiro atoms. The molecule has 1 aromatic heterocycles. The molecule has 1 aliphatic rings. The van der Waals surface area contributed by atoms with E-state index >= 15 is 0 Å². The molecule has 1 heterocycles. The van der Waals surface area contributed by atoms with Crippen molar-refractivity contribution in [1.82, 2.24) is 14.9 Å². The number of amides is 2. The maximum Gasteiger partial charge on any atom is 0.253 e. The third-order valence-corrected chi connectivity index (χ3v) is 5.53. The highest BCUT2D eigenvalue weighted by molar-refractivity contribution is 6.08. The zero-order chi connectivity index (χ0) is 21.3. The molecule has 156 valence electrons. The van der Waals surface area contributed by atoms with Crippen LogP contribution in [-0.2, 0) is 11.3 Å². The van der Waals surface area contributed by atoms with Gasteiger partial charge in [-0.15, -0.1) is 0 Å². The van der Waals surface area contributed by atoms with Gasteiger partial charge < -0.3 is 15.2 Å². The summed E-state index contributed by atoms with van der Waals surface area (Å²) in [7, 11) is 0. The molecule has 6 nitrogen and oxygen atoms in total. The molecule has 30 heavy (non-hydrogen) atoms. The molecule has 0 radical (unpaired) electrons. The average Bonchev–Trinajstić information content (AvgIpc) is 3.34. The van der Waals surface area contributed by atoms with Crippen molar-refractivity contribution in [3.63, 3.8) is 0 Å². The molecule has 2 N–H and O–H groups in total. The van der Waals surface area contributed by atoms with Gasteiger partial charge in [0.2, 0.25) is 5.91 Å². The zero-order valence-electron chi connectivity index (χ0n) is 17.2. The first-order valence-corrected chi connectivity index (χ1v) is 10.4. The Labute approximate surface area is 174 Å². The van der Waals surface area contributed by atoms with E-state index in [1.807, 2.05) is 11.5 Å². The minimum absolute atomic E-state index is 0.154. The fourth-order valence-electron chi connectivity index (χ4n) is 4.21. The van der Waals surface area contributed by atoms with Crippen molar-refractivity contribution >= 4 is 28.5 Å². The first-order chi connectivity index (χ1) is 14.5. The highest BCUT2D eigenvalue weighted by Crippen LogP contribution is 2.31. The number of anilines is 1. The van der Waals surface area contributed by atoms with Crippen LogP contribution in [0.25, 0.3) is 22.4 Å². The Kier molecular flexibility index (Phi) is 5.53. The van der Waals surface area contributed by atoms with E-state index in [4.69, 9.17) is 0 Å². The summed E-state index contributed by atoms with van der Waals surface area (Å²) in [6.07, 6.45) is 4.15. The number of halogens is 1. The predicted molar refractivity (Wildman–Crippen MR) is 115 cm³/mol. The maximum atomic E-state index is 14.5. The topological polar surface area (TPSA) is 76.0 Å². The van der Waals surface area contributed by atoms with Gasteiger partial charge in [-0.05, 0) is 44.0 Å². The first kappa shape index (κ1) is 20.1. The average molecular weight is 408 g/mol. The van der Waals surface area contributed by atoms with Crippen LogP contribution in [0.15, 0.2) is 36.4 Å². The molecule has 1 aliphatic carbocycles. The maximum absolute atomic E-state index is 14.5. The normalized spacial score (nSPS) is 14.2. The Hall–Kier alpha value is -3.22. The minimum atomic E-state index is -0.374. The molecule has 3 aromatic rings. The van der Waals surface area contributed by atoms with Crippen LogP contribution in [0.1, 0.15) is 49.9 Å². The highest BCUT2D eigenvalue weighted by Gasteiger charge is 2.24. The molecule has 2 aromatic carbocycles. The predicted octanol–water partition coefficient (Wildman–Crippen LogP) is 4.49. The Morgan fingerprint density at radius 3 is 2.60 bits per heavy atom. The number of aromatic nitrogens is 2. The second kappa shape index (κ2) is 8.26. The molecule has 0 atom stereocenters. The van der Waals surface area contributed by atoms with Gasteiger partial charge >= 0.3 is 0 Å². The summed E-state index contributed by atoms with van der Waals surface area (Å²) in [5, 5.41) is 5.85. The number of hydrogen-bond donors (Lipinski definition) is 2. The number of hydrogen-bond acceptors (Lipinski definition) is 3. The second-order valence-corrected chi connectivity index (χ2v) is 7.69. The van der Waals surface area contributed by atoms with Crippen molar-refractivity contribution in [3.8, 4) is 11.4 Å². The van der Waals surface area contributed by atoms with E-state index in [0.29, 0.717) is 40.2 Å². The van der Waals surface area contributed by atoms with Crippen LogP contribution in [0.5, 0.6) is 0 Å². The van der Waals surface area contributed by atoms with E-state index in [1.54, 1.807) is 30.3 Å². The lowest BCUT2D eigenvalue weighted by Gasteiger charge is -2.15. The number of nitrogens with one attached hydrogen (secondary N) is 2. The number of imidazole rings is 1. The third kappa shape index (κ3) is 3.79. The molecule has 0 saturated heterocycles. The summed E-state index contributed by atoms with van der Waals surface area (Å²) in [6, 6.07) is 10.0. The molecule has 2 amide bonds. The monoisotopic (exact) mass is 408 g/mol. The van der Waals surface area contributed by atoms with E-state index in [2.05, 4.69) is 15.6 Å². The van der Waals surface area contributed by atoms with Crippen LogP contribution >= 0.6 is 0 Å². The zero-order valence-corrected chi connectivity index (χ0v) is 17.2. The van der Waals surface area contributed by atoms with E-state index in [1.165, 1.54) is 13.0 Å². The van der Waals surface area contributed by atoms with Crippen LogP contribution in [0.3, 0.4) is 0 Å². The van der Waals surface area contributed by atoms with Crippen LogP contribution in [-0.4, -0.2) is 27.4 Å². The molecule has 7 heteroatoms. The summed E-state index contributed by atoms with van der Waals surface area (Å²) in [6.45, 7) is 3.87. The van der Waals surface area contributed by atoms with Gasteiger partial charge in [0.25, 0.3) is 5.91 Å². The smallest absolute Gasteiger partial charge is 0.253 e. The quantitative estimate of drug-likeness (QED) is 0.653. The number of aryl methyl sites for hydroxylation is 1. The van der Waals surface area contributed by atoms with Crippen molar-refractivity contribution in [2.45, 2.75) is 52.1 Å². The summed E-state index contributed by atoms with van der Waals surface area (Å²) in [5.41, 5.74) is 2.48. The molecule has 0 bridgehead atoms. The van der Waals surface area contributed by atoms with Crippen LogP contribution < -0.4 is 10.6 Å². The minimum Gasteiger partial charge on any atom is -0.349 e. The summed E-state index contributed by atoms with van der Waals surface area (Å²) >= 11 is 0. The molecule has 4 rings (SSSR count). The lowest BCUT2D eigenvalue weighted by atomic mass is 10.1. The third-order valence-electron chi connectivity index (χ3n) is 5.53. The Bertz CT molecular complexity index is 1120. The van der Waals surface area contributed by atoms with Gasteiger partial charge in [0, 0.05) is 25.2 Å². The molecule has 1 fully saturated rings. The molecule has 0 unspecified atom stereocenters. The number of rotatable bonds is 5. The standard InChI is InChI=1S/C23H25FN4O2/c1-3-28-21-18(23(30)26-15-8-4-5-9-15)12-16(25-14(2)29)13-20(21)27-22(28)17-10-6-7-11-19(17)24/h6-7,10-13,15H,3-5,8-9H2,1-2H3,(H,25,29)(H,26,30). The van der Waals surface area contributed by atoms with Crippen molar-refractivity contribution in [1.29, 1.82) is 0 Å². The van der Waals surface area contributed by atoms with Crippen molar-refractivity contribution in [3.05, 3.63) is 47.8 Å². The van der Waals surface area contributed by atoms with Gasteiger partial charge in [-0.1, -0.05) is 25.0 Å². The van der Waals surface area contributed by atoms with Crippen LogP contribution in [0.2, 0.25) is 0 Å². The first-order valence-electron chi connectivity index (χ1n) is 10.4. The lowest BCUT2D eigenvalue weighted by molar-refractivity contribution is -0.114. The largest absolute Gasteiger partial charge is 0.349 e. The molecule has 1 saturated carbocycles. The SMILES string of the molecule is CCn1c(-c2ccccc2F)nc2cc(NC(C)=O)cc(C(=O)NC3CCCC3)c21. The summed E-state index contributed by atoms with van der Waals surface area (Å²) in [4.78, 5) is 29.5. The number of carbonyl (C=O) groups excluding carboxylic acids is 2. The van der Waals surface area contributed by atoms with Gasteiger partial charge in [-0.2, -0.15) is 0 Å². The number of fused-ring (bicyclic) bond motifs is 1.